The molecule has 3 fully saturated rings. The van der Waals surface area contributed by atoms with Crippen LogP contribution in [0.5, 0.6) is 0 Å². The Kier molecular flexibility index (Phi) is 5.64. The first-order valence-corrected chi connectivity index (χ1v) is 9.79. The van der Waals surface area contributed by atoms with E-state index in [0.717, 1.165) is 6.42 Å². The number of aliphatic carboxylic acids is 1. The van der Waals surface area contributed by atoms with Crippen LogP contribution in [-0.2, 0) is 14.4 Å². The van der Waals surface area contributed by atoms with Crippen LogP contribution in [0, 0.1) is 11.3 Å². The second-order valence-corrected chi connectivity index (χ2v) is 8.09. The number of rotatable bonds is 5. The van der Waals surface area contributed by atoms with Crippen molar-refractivity contribution in [2.45, 2.75) is 64.2 Å². The quantitative estimate of drug-likeness (QED) is 0.825. The molecule has 2 aliphatic carbocycles. The summed E-state index contributed by atoms with van der Waals surface area (Å²) in [5, 5.41) is 9.38. The lowest BCUT2D eigenvalue weighted by atomic mass is 9.66. The van der Waals surface area contributed by atoms with Gasteiger partial charge in [-0.3, -0.25) is 14.4 Å². The molecule has 6 nitrogen and oxygen atoms in total. The van der Waals surface area contributed by atoms with E-state index in [1.165, 1.54) is 32.1 Å². The van der Waals surface area contributed by atoms with Crippen LogP contribution >= 0.6 is 0 Å². The highest BCUT2D eigenvalue weighted by molar-refractivity contribution is 5.86. The maximum absolute atomic E-state index is 12.5. The molecule has 0 spiro atoms. The van der Waals surface area contributed by atoms with Crippen molar-refractivity contribution in [1.29, 1.82) is 0 Å². The van der Waals surface area contributed by atoms with E-state index in [1.54, 1.807) is 4.90 Å². The molecule has 0 aromatic heterocycles. The molecular formula is C19H30N2O4. The molecule has 0 unspecified atom stereocenters. The van der Waals surface area contributed by atoms with Gasteiger partial charge in [-0.25, -0.2) is 0 Å². The Morgan fingerprint density at radius 3 is 1.88 bits per heavy atom. The second-order valence-electron chi connectivity index (χ2n) is 8.09. The summed E-state index contributed by atoms with van der Waals surface area (Å²) in [5.74, 6) is -0.148. The summed E-state index contributed by atoms with van der Waals surface area (Å²) in [6.07, 6.45) is 8.97. The van der Waals surface area contributed by atoms with Gasteiger partial charge in [-0.05, 0) is 31.6 Å². The summed E-state index contributed by atoms with van der Waals surface area (Å²) >= 11 is 0. The number of hydrogen-bond acceptors (Lipinski definition) is 3. The van der Waals surface area contributed by atoms with Crippen LogP contribution in [0.15, 0.2) is 0 Å². The summed E-state index contributed by atoms with van der Waals surface area (Å²) in [7, 11) is 0. The highest BCUT2D eigenvalue weighted by Crippen LogP contribution is 2.44. The van der Waals surface area contributed by atoms with Crippen LogP contribution < -0.4 is 0 Å². The van der Waals surface area contributed by atoms with Gasteiger partial charge in [0.1, 0.15) is 0 Å². The molecule has 0 aromatic carbocycles. The van der Waals surface area contributed by atoms with Crippen LogP contribution in [0.3, 0.4) is 0 Å². The van der Waals surface area contributed by atoms with Gasteiger partial charge in [-0.15, -0.1) is 0 Å². The van der Waals surface area contributed by atoms with Gasteiger partial charge in [0.2, 0.25) is 11.8 Å². The van der Waals surface area contributed by atoms with Crippen LogP contribution in [0.4, 0.5) is 0 Å². The molecule has 140 valence electrons. The molecule has 2 saturated carbocycles. The van der Waals surface area contributed by atoms with Crippen molar-refractivity contribution in [3.8, 4) is 0 Å². The maximum atomic E-state index is 12.5. The molecular weight excluding hydrogens is 320 g/mol. The minimum Gasteiger partial charge on any atom is -0.481 e. The number of amides is 2. The summed E-state index contributed by atoms with van der Waals surface area (Å²) in [6, 6.07) is 0. The van der Waals surface area contributed by atoms with E-state index in [-0.39, 0.29) is 18.2 Å². The van der Waals surface area contributed by atoms with Crippen LogP contribution in [0.2, 0.25) is 0 Å². The molecule has 1 heterocycles. The SMILES string of the molecule is O=C(CC1CCCCC1)N1CCN(C(=O)CC2(C(=O)O)CCC2)CC1. The summed E-state index contributed by atoms with van der Waals surface area (Å²) < 4.78 is 0. The molecule has 0 atom stereocenters. The summed E-state index contributed by atoms with van der Waals surface area (Å²) in [4.78, 5) is 40.0. The van der Waals surface area contributed by atoms with Crippen molar-refractivity contribution in [1.82, 2.24) is 9.80 Å². The third kappa shape index (κ3) is 4.15. The molecule has 2 amide bonds. The van der Waals surface area contributed by atoms with E-state index in [9.17, 15) is 19.5 Å². The highest BCUT2D eigenvalue weighted by atomic mass is 16.4. The molecule has 1 N–H and O–H groups in total. The van der Waals surface area contributed by atoms with Crippen LogP contribution in [-0.4, -0.2) is 58.9 Å². The lowest BCUT2D eigenvalue weighted by molar-refractivity contribution is -0.160. The lowest BCUT2D eigenvalue weighted by Gasteiger charge is -2.40. The van der Waals surface area contributed by atoms with Crippen molar-refractivity contribution >= 4 is 17.8 Å². The van der Waals surface area contributed by atoms with Gasteiger partial charge in [0.25, 0.3) is 0 Å². The van der Waals surface area contributed by atoms with E-state index in [4.69, 9.17) is 0 Å². The Morgan fingerprint density at radius 1 is 0.840 bits per heavy atom. The average molecular weight is 350 g/mol. The second kappa shape index (κ2) is 7.75. The number of carboxylic acids is 1. The van der Waals surface area contributed by atoms with Crippen molar-refractivity contribution in [3.05, 3.63) is 0 Å². The van der Waals surface area contributed by atoms with Gasteiger partial charge in [0.05, 0.1) is 5.41 Å². The maximum Gasteiger partial charge on any atom is 0.310 e. The predicted octanol–water partition coefficient (Wildman–Crippen LogP) is 2.27. The zero-order chi connectivity index (χ0) is 17.9. The number of piperazine rings is 1. The average Bonchev–Trinajstić information content (AvgIpc) is 2.58. The third-order valence-electron chi connectivity index (χ3n) is 6.43. The highest BCUT2D eigenvalue weighted by Gasteiger charge is 2.46. The monoisotopic (exact) mass is 350 g/mol. The first kappa shape index (κ1) is 18.2. The van der Waals surface area contributed by atoms with Crippen molar-refractivity contribution in [3.63, 3.8) is 0 Å². The lowest BCUT2D eigenvalue weighted by Crippen LogP contribution is -2.52. The van der Waals surface area contributed by atoms with E-state index in [2.05, 4.69) is 0 Å². The van der Waals surface area contributed by atoms with Crippen molar-refractivity contribution in [2.24, 2.45) is 11.3 Å². The molecule has 6 heteroatoms. The standard InChI is InChI=1S/C19H30N2O4/c22-16(13-15-5-2-1-3-6-15)20-9-11-21(12-10-20)17(23)14-19(18(24)25)7-4-8-19/h15H,1-14H2,(H,24,25). The van der Waals surface area contributed by atoms with Gasteiger partial charge < -0.3 is 14.9 Å². The van der Waals surface area contributed by atoms with E-state index in [1.807, 2.05) is 4.90 Å². The molecule has 0 bridgehead atoms. The molecule has 1 saturated heterocycles. The largest absolute Gasteiger partial charge is 0.481 e. The van der Waals surface area contributed by atoms with Crippen molar-refractivity contribution < 1.29 is 19.5 Å². The minimum absolute atomic E-state index is 0.0681. The fourth-order valence-electron chi connectivity index (χ4n) is 4.44. The Morgan fingerprint density at radius 2 is 1.40 bits per heavy atom. The van der Waals surface area contributed by atoms with Crippen LogP contribution in [0.25, 0.3) is 0 Å². The Bertz CT molecular complexity index is 516. The Hall–Kier alpha value is -1.59. The topological polar surface area (TPSA) is 77.9 Å². The van der Waals surface area contributed by atoms with Crippen LogP contribution in [0.1, 0.15) is 64.2 Å². The fraction of sp³-hybridized carbons (Fsp3) is 0.842. The first-order valence-electron chi connectivity index (χ1n) is 9.79. The molecule has 3 rings (SSSR count). The minimum atomic E-state index is -0.839. The zero-order valence-electron chi connectivity index (χ0n) is 15.0. The smallest absolute Gasteiger partial charge is 0.310 e. The number of nitrogens with zero attached hydrogens (tertiary/aromatic N) is 2. The molecule has 1 aliphatic heterocycles. The van der Waals surface area contributed by atoms with Gasteiger partial charge in [-0.1, -0.05) is 25.7 Å². The number of hydrogen-bond donors (Lipinski definition) is 1. The Balaban J connectivity index is 1.44. The van der Waals surface area contributed by atoms with Gasteiger partial charge >= 0.3 is 5.97 Å². The molecule has 3 aliphatic rings. The zero-order valence-corrected chi connectivity index (χ0v) is 15.0. The predicted molar refractivity (Wildman–Crippen MR) is 92.9 cm³/mol. The van der Waals surface area contributed by atoms with E-state index in [0.29, 0.717) is 51.4 Å². The summed E-state index contributed by atoms with van der Waals surface area (Å²) in [6.45, 7) is 2.23. The number of carbonyl (C=O) groups is 3. The first-order chi connectivity index (χ1) is 12.0. The fourth-order valence-corrected chi connectivity index (χ4v) is 4.44. The van der Waals surface area contributed by atoms with Gasteiger partial charge in [0.15, 0.2) is 0 Å². The normalized spacial score (nSPS) is 23.8. The Labute approximate surface area is 149 Å². The molecule has 0 radical (unpaired) electrons. The van der Waals surface area contributed by atoms with E-state index >= 15 is 0 Å². The molecule has 25 heavy (non-hydrogen) atoms. The van der Waals surface area contributed by atoms with Gasteiger partial charge in [0, 0.05) is 39.0 Å². The van der Waals surface area contributed by atoms with E-state index < -0.39 is 11.4 Å². The van der Waals surface area contributed by atoms with Gasteiger partial charge in [-0.2, -0.15) is 0 Å². The van der Waals surface area contributed by atoms with Crippen molar-refractivity contribution in [2.75, 3.05) is 26.2 Å². The third-order valence-corrected chi connectivity index (χ3v) is 6.43. The number of carboxylic acid groups (broad SMARTS) is 1. The number of carbonyl (C=O) groups excluding carboxylic acids is 2. The summed E-state index contributed by atoms with van der Waals surface area (Å²) in [5.41, 5.74) is -0.828. The molecule has 0 aromatic rings.